The van der Waals surface area contributed by atoms with Crippen LogP contribution in [0.3, 0.4) is 0 Å². The Kier molecular flexibility index (Phi) is 6.59. The predicted molar refractivity (Wildman–Crippen MR) is 112 cm³/mol. The van der Waals surface area contributed by atoms with Gasteiger partial charge in [-0.1, -0.05) is 15.9 Å². The van der Waals surface area contributed by atoms with Gasteiger partial charge in [0.15, 0.2) is 0 Å². The molecule has 7 nitrogen and oxygen atoms in total. The third-order valence-electron chi connectivity index (χ3n) is 4.65. The lowest BCUT2D eigenvalue weighted by Gasteiger charge is -2.24. The molecule has 0 aliphatic heterocycles. The Hall–Kier alpha value is -3.01. The molecule has 31 heavy (non-hydrogen) atoms. The Morgan fingerprint density at radius 1 is 1.26 bits per heavy atom. The molecule has 0 fully saturated rings. The monoisotopic (exact) mass is 492 g/mol. The lowest BCUT2D eigenvalue weighted by molar-refractivity contribution is -0.111. The number of benzene rings is 1. The van der Waals surface area contributed by atoms with Gasteiger partial charge >= 0.3 is 6.43 Å². The Bertz CT molecular complexity index is 1100. The van der Waals surface area contributed by atoms with E-state index in [0.717, 1.165) is 10.8 Å². The first kappa shape index (κ1) is 22.7. The van der Waals surface area contributed by atoms with Crippen LogP contribution in [0.15, 0.2) is 45.4 Å². The van der Waals surface area contributed by atoms with Crippen molar-refractivity contribution in [3.8, 4) is 11.5 Å². The van der Waals surface area contributed by atoms with Crippen LogP contribution in [-0.4, -0.2) is 39.3 Å². The number of alkyl halides is 2. The second kappa shape index (κ2) is 9.01. The van der Waals surface area contributed by atoms with Crippen LogP contribution in [0.1, 0.15) is 47.8 Å². The topological polar surface area (TPSA) is 89.2 Å². The Labute approximate surface area is 185 Å². The zero-order valence-electron chi connectivity index (χ0n) is 17.0. The van der Waals surface area contributed by atoms with Crippen molar-refractivity contribution in [1.29, 1.82) is 0 Å². The second-order valence-electron chi connectivity index (χ2n) is 7.48. The molecule has 2 heterocycles. The summed E-state index contributed by atoms with van der Waals surface area (Å²) in [7, 11) is 1.63. The zero-order valence-corrected chi connectivity index (χ0v) is 18.6. The van der Waals surface area contributed by atoms with Crippen molar-refractivity contribution in [3.63, 3.8) is 0 Å². The summed E-state index contributed by atoms with van der Waals surface area (Å²) in [5.41, 5.74) is 1.16. The Morgan fingerprint density at radius 2 is 2.00 bits per heavy atom. The average Bonchev–Trinajstić information content (AvgIpc) is 3.24. The van der Waals surface area contributed by atoms with Gasteiger partial charge in [0, 0.05) is 28.7 Å². The second-order valence-corrected chi connectivity index (χ2v) is 8.39. The number of halogens is 3. The SMILES string of the molecule is CN(Cc1ccc(-c2nnc(C(F)F)o2)cn1)C(=O)c1ccc(Br)cc1C(C)(C)C=O. The van der Waals surface area contributed by atoms with Crippen molar-refractivity contribution in [2.75, 3.05) is 7.05 Å². The van der Waals surface area contributed by atoms with Crippen LogP contribution in [-0.2, 0) is 16.8 Å². The van der Waals surface area contributed by atoms with Crippen LogP contribution < -0.4 is 0 Å². The smallest absolute Gasteiger partial charge is 0.314 e. The van der Waals surface area contributed by atoms with E-state index in [0.29, 0.717) is 22.4 Å². The highest BCUT2D eigenvalue weighted by molar-refractivity contribution is 9.10. The van der Waals surface area contributed by atoms with Gasteiger partial charge in [0.05, 0.1) is 17.8 Å². The lowest BCUT2D eigenvalue weighted by atomic mass is 9.83. The van der Waals surface area contributed by atoms with Crippen molar-refractivity contribution >= 4 is 28.1 Å². The average molecular weight is 493 g/mol. The normalized spacial score (nSPS) is 11.6. The fraction of sp³-hybridized carbons (Fsp3) is 0.286. The molecular formula is C21H19BrF2N4O3. The van der Waals surface area contributed by atoms with E-state index in [2.05, 4.69) is 31.1 Å². The number of pyridine rings is 1. The molecule has 2 aromatic heterocycles. The van der Waals surface area contributed by atoms with E-state index in [9.17, 15) is 18.4 Å². The standard InChI is InChI=1S/C21H19BrF2N4O3/c1-21(2,11-29)16-8-13(22)5-7-15(16)20(30)28(3)10-14-6-4-12(9-25-14)18-26-27-19(31-18)17(23)24/h4-9,11,17H,10H2,1-3H3. The number of carbonyl (C=O) groups is 2. The van der Waals surface area contributed by atoms with E-state index in [1.54, 1.807) is 51.2 Å². The van der Waals surface area contributed by atoms with Gasteiger partial charge in [0.2, 0.25) is 5.89 Å². The largest absolute Gasteiger partial charge is 0.415 e. The van der Waals surface area contributed by atoms with Gasteiger partial charge in [-0.2, -0.15) is 8.78 Å². The summed E-state index contributed by atoms with van der Waals surface area (Å²) in [5.74, 6) is -1.08. The van der Waals surface area contributed by atoms with Crippen molar-refractivity contribution < 1.29 is 22.8 Å². The summed E-state index contributed by atoms with van der Waals surface area (Å²) in [6, 6.07) is 8.43. The van der Waals surface area contributed by atoms with Crippen LogP contribution in [0.4, 0.5) is 8.78 Å². The van der Waals surface area contributed by atoms with Gasteiger partial charge in [-0.3, -0.25) is 9.78 Å². The predicted octanol–water partition coefficient (Wildman–Crippen LogP) is 4.58. The molecule has 0 unspecified atom stereocenters. The quantitative estimate of drug-likeness (QED) is 0.448. The van der Waals surface area contributed by atoms with Crippen molar-refractivity contribution in [3.05, 3.63) is 63.7 Å². The first-order chi connectivity index (χ1) is 14.6. The molecular weight excluding hydrogens is 474 g/mol. The van der Waals surface area contributed by atoms with Crippen LogP contribution in [0.5, 0.6) is 0 Å². The zero-order chi connectivity index (χ0) is 22.8. The molecule has 1 amide bonds. The van der Waals surface area contributed by atoms with Crippen LogP contribution in [0.2, 0.25) is 0 Å². The van der Waals surface area contributed by atoms with E-state index in [1.165, 1.54) is 11.1 Å². The minimum absolute atomic E-state index is 0.0608. The minimum atomic E-state index is -2.85. The molecule has 10 heteroatoms. The summed E-state index contributed by atoms with van der Waals surface area (Å²) in [4.78, 5) is 30.4. The fourth-order valence-electron chi connectivity index (χ4n) is 2.90. The first-order valence-electron chi connectivity index (χ1n) is 9.21. The molecule has 0 aliphatic carbocycles. The maximum absolute atomic E-state index is 13.1. The van der Waals surface area contributed by atoms with Gasteiger partial charge in [0.25, 0.3) is 11.8 Å². The highest BCUT2D eigenvalue weighted by atomic mass is 79.9. The number of aldehydes is 1. The van der Waals surface area contributed by atoms with Gasteiger partial charge in [-0.25, -0.2) is 0 Å². The highest BCUT2D eigenvalue weighted by Crippen LogP contribution is 2.29. The van der Waals surface area contributed by atoms with Gasteiger partial charge < -0.3 is 14.1 Å². The summed E-state index contributed by atoms with van der Waals surface area (Å²) in [6.07, 6.45) is -0.624. The van der Waals surface area contributed by atoms with Gasteiger partial charge in [-0.05, 0) is 49.7 Å². The third kappa shape index (κ3) is 5.01. The molecule has 162 valence electrons. The molecule has 0 bridgehead atoms. The molecule has 0 atom stereocenters. The molecule has 3 aromatic rings. The van der Waals surface area contributed by atoms with Crippen molar-refractivity contribution in [2.24, 2.45) is 0 Å². The van der Waals surface area contributed by atoms with Gasteiger partial charge in [-0.15, -0.1) is 10.2 Å². The molecule has 0 aliphatic rings. The number of carbonyl (C=O) groups excluding carboxylic acids is 2. The third-order valence-corrected chi connectivity index (χ3v) is 5.14. The van der Waals surface area contributed by atoms with E-state index >= 15 is 0 Å². The summed E-state index contributed by atoms with van der Waals surface area (Å²) in [5, 5.41) is 6.87. The maximum Gasteiger partial charge on any atom is 0.314 e. The highest BCUT2D eigenvalue weighted by Gasteiger charge is 2.27. The molecule has 0 saturated heterocycles. The van der Waals surface area contributed by atoms with Crippen molar-refractivity contribution in [1.82, 2.24) is 20.1 Å². The lowest BCUT2D eigenvalue weighted by Crippen LogP contribution is -2.30. The van der Waals surface area contributed by atoms with E-state index in [1.807, 2.05) is 0 Å². The van der Waals surface area contributed by atoms with Crippen molar-refractivity contribution in [2.45, 2.75) is 32.2 Å². The first-order valence-corrected chi connectivity index (χ1v) is 10.0. The number of nitrogens with zero attached hydrogens (tertiary/aromatic N) is 4. The fourth-order valence-corrected chi connectivity index (χ4v) is 3.26. The molecule has 0 N–H and O–H groups in total. The summed E-state index contributed by atoms with van der Waals surface area (Å²) >= 11 is 3.38. The van der Waals surface area contributed by atoms with E-state index in [-0.39, 0.29) is 18.3 Å². The molecule has 0 spiro atoms. The Morgan fingerprint density at radius 3 is 2.58 bits per heavy atom. The molecule has 0 saturated carbocycles. The van der Waals surface area contributed by atoms with Gasteiger partial charge in [0.1, 0.15) is 6.29 Å². The molecule has 1 aromatic carbocycles. The summed E-state index contributed by atoms with van der Waals surface area (Å²) < 4.78 is 30.9. The number of rotatable bonds is 7. The van der Waals surface area contributed by atoms with E-state index < -0.39 is 17.7 Å². The summed E-state index contributed by atoms with van der Waals surface area (Å²) in [6.45, 7) is 3.69. The van der Waals surface area contributed by atoms with E-state index in [4.69, 9.17) is 4.42 Å². The van der Waals surface area contributed by atoms with Crippen LogP contribution in [0.25, 0.3) is 11.5 Å². The maximum atomic E-state index is 13.1. The van der Waals surface area contributed by atoms with Crippen LogP contribution in [0, 0.1) is 0 Å². The number of aromatic nitrogens is 3. The minimum Gasteiger partial charge on any atom is -0.415 e. The Balaban J connectivity index is 1.78. The number of amides is 1. The van der Waals surface area contributed by atoms with Crippen LogP contribution >= 0.6 is 15.9 Å². The molecule has 0 radical (unpaired) electrons. The number of hydrogen-bond acceptors (Lipinski definition) is 6. The number of hydrogen-bond donors (Lipinski definition) is 0. The molecule has 3 rings (SSSR count).